The van der Waals surface area contributed by atoms with Crippen molar-refractivity contribution in [1.29, 1.82) is 0 Å². The summed E-state index contributed by atoms with van der Waals surface area (Å²) in [6.45, 7) is 5.61. The molecule has 1 aliphatic heterocycles. The normalized spacial score (nSPS) is 14.9. The van der Waals surface area contributed by atoms with E-state index in [0.717, 1.165) is 54.1 Å². The van der Waals surface area contributed by atoms with E-state index in [0.29, 0.717) is 5.56 Å². The number of amides is 1. The van der Waals surface area contributed by atoms with Crippen LogP contribution in [0.15, 0.2) is 36.5 Å². The van der Waals surface area contributed by atoms with E-state index in [2.05, 4.69) is 22.2 Å². The summed E-state index contributed by atoms with van der Waals surface area (Å²) < 4.78 is 1.81. The zero-order valence-corrected chi connectivity index (χ0v) is 14.7. The first kappa shape index (κ1) is 15.8. The highest BCUT2D eigenvalue weighted by Crippen LogP contribution is 2.28. The third-order valence-electron chi connectivity index (χ3n) is 5.00. The van der Waals surface area contributed by atoms with E-state index in [9.17, 15) is 4.79 Å². The van der Waals surface area contributed by atoms with Crippen LogP contribution >= 0.6 is 0 Å². The zero-order chi connectivity index (χ0) is 17.4. The van der Waals surface area contributed by atoms with Crippen molar-refractivity contribution in [3.8, 4) is 11.1 Å². The van der Waals surface area contributed by atoms with Gasteiger partial charge in [0.2, 0.25) is 0 Å². The van der Waals surface area contributed by atoms with Crippen molar-refractivity contribution in [2.24, 2.45) is 0 Å². The van der Waals surface area contributed by atoms with Crippen molar-refractivity contribution < 1.29 is 4.79 Å². The molecule has 0 atom stereocenters. The fraction of sp³-hybridized carbons (Fsp3) is 0.350. The number of nitrogens with zero attached hydrogens (tertiary/aromatic N) is 4. The number of rotatable bonds is 2. The number of piperidine rings is 1. The maximum atomic E-state index is 12.9. The van der Waals surface area contributed by atoms with Gasteiger partial charge in [0.1, 0.15) is 0 Å². The largest absolute Gasteiger partial charge is 0.339 e. The fourth-order valence-electron chi connectivity index (χ4n) is 3.62. The van der Waals surface area contributed by atoms with Gasteiger partial charge >= 0.3 is 0 Å². The van der Waals surface area contributed by atoms with Gasteiger partial charge in [-0.3, -0.25) is 4.79 Å². The molecule has 3 heterocycles. The van der Waals surface area contributed by atoms with Crippen LogP contribution in [-0.2, 0) is 0 Å². The van der Waals surface area contributed by atoms with Crippen LogP contribution in [0.4, 0.5) is 0 Å². The van der Waals surface area contributed by atoms with Crippen molar-refractivity contribution >= 4 is 11.6 Å². The Morgan fingerprint density at radius 3 is 2.48 bits per heavy atom. The summed E-state index contributed by atoms with van der Waals surface area (Å²) in [4.78, 5) is 19.4. The lowest BCUT2D eigenvalue weighted by molar-refractivity contribution is 0.0722. The predicted molar refractivity (Wildman–Crippen MR) is 97.7 cm³/mol. The highest BCUT2D eigenvalue weighted by Gasteiger charge is 2.23. The summed E-state index contributed by atoms with van der Waals surface area (Å²) in [5.74, 6) is 0.0704. The molecule has 5 nitrogen and oxygen atoms in total. The number of fused-ring (bicyclic) bond motifs is 1. The van der Waals surface area contributed by atoms with Crippen LogP contribution in [0.3, 0.4) is 0 Å². The van der Waals surface area contributed by atoms with Crippen LogP contribution in [0.25, 0.3) is 16.8 Å². The Hall–Kier alpha value is -2.69. The van der Waals surface area contributed by atoms with E-state index in [1.165, 1.54) is 6.42 Å². The number of hydrogen-bond donors (Lipinski definition) is 0. The summed E-state index contributed by atoms with van der Waals surface area (Å²) in [5.41, 5.74) is 5.35. The lowest BCUT2D eigenvalue weighted by atomic mass is 10.1. The van der Waals surface area contributed by atoms with E-state index in [4.69, 9.17) is 0 Å². The Morgan fingerprint density at radius 1 is 1.04 bits per heavy atom. The molecule has 128 valence electrons. The number of likely N-dealkylation sites (tertiary alicyclic amines) is 1. The number of aromatic nitrogens is 3. The second-order valence-electron chi connectivity index (χ2n) is 6.67. The molecule has 1 saturated heterocycles. The minimum atomic E-state index is 0.0704. The Kier molecular flexibility index (Phi) is 3.99. The van der Waals surface area contributed by atoms with Gasteiger partial charge in [0, 0.05) is 24.8 Å². The van der Waals surface area contributed by atoms with Crippen LogP contribution in [0.5, 0.6) is 0 Å². The first-order chi connectivity index (χ1) is 12.2. The molecule has 0 aliphatic carbocycles. The topological polar surface area (TPSA) is 50.5 Å². The van der Waals surface area contributed by atoms with E-state index < -0.39 is 0 Å². The molecule has 1 amide bonds. The Balaban J connectivity index is 1.80. The molecule has 0 N–H and O–H groups in total. The molecule has 5 heteroatoms. The highest BCUT2D eigenvalue weighted by atomic mass is 16.2. The summed E-state index contributed by atoms with van der Waals surface area (Å²) >= 11 is 0. The standard InChI is InChI=1S/C20H22N4O/c1-14-18(16-9-5-3-6-10-16)19-21-13-17(15(2)24(19)22-14)20(25)23-11-7-4-8-12-23/h3,5-6,9-10,13H,4,7-8,11-12H2,1-2H3. The van der Waals surface area contributed by atoms with Crippen molar-refractivity contribution in [1.82, 2.24) is 19.5 Å². The molecule has 2 aromatic heterocycles. The molecule has 1 aliphatic rings. The molecular weight excluding hydrogens is 312 g/mol. The monoisotopic (exact) mass is 334 g/mol. The van der Waals surface area contributed by atoms with Gasteiger partial charge in [0.05, 0.1) is 17.0 Å². The third-order valence-corrected chi connectivity index (χ3v) is 5.00. The van der Waals surface area contributed by atoms with Gasteiger partial charge < -0.3 is 4.90 Å². The Bertz CT molecular complexity index is 924. The van der Waals surface area contributed by atoms with Gasteiger partial charge in [-0.05, 0) is 38.7 Å². The number of carbonyl (C=O) groups excluding carboxylic acids is 1. The second kappa shape index (κ2) is 6.31. The van der Waals surface area contributed by atoms with Crippen LogP contribution < -0.4 is 0 Å². The van der Waals surface area contributed by atoms with Crippen molar-refractivity contribution in [3.05, 3.63) is 53.5 Å². The van der Waals surface area contributed by atoms with E-state index in [1.54, 1.807) is 6.20 Å². The summed E-state index contributed by atoms with van der Waals surface area (Å²) in [5, 5.41) is 4.66. The quantitative estimate of drug-likeness (QED) is 0.719. The number of hydrogen-bond acceptors (Lipinski definition) is 3. The van der Waals surface area contributed by atoms with E-state index in [1.807, 2.05) is 41.5 Å². The van der Waals surface area contributed by atoms with Gasteiger partial charge in [0.25, 0.3) is 5.91 Å². The van der Waals surface area contributed by atoms with Gasteiger partial charge in [0.15, 0.2) is 5.65 Å². The smallest absolute Gasteiger partial charge is 0.257 e. The zero-order valence-electron chi connectivity index (χ0n) is 14.7. The molecule has 0 spiro atoms. The molecule has 1 aromatic carbocycles. The maximum absolute atomic E-state index is 12.9. The highest BCUT2D eigenvalue weighted by molar-refractivity contribution is 5.95. The number of aryl methyl sites for hydroxylation is 2. The van der Waals surface area contributed by atoms with Crippen LogP contribution in [0.2, 0.25) is 0 Å². The van der Waals surface area contributed by atoms with Crippen LogP contribution in [0, 0.1) is 13.8 Å². The minimum absolute atomic E-state index is 0.0704. The maximum Gasteiger partial charge on any atom is 0.257 e. The van der Waals surface area contributed by atoms with E-state index >= 15 is 0 Å². The number of carbonyl (C=O) groups is 1. The van der Waals surface area contributed by atoms with Crippen molar-refractivity contribution in [3.63, 3.8) is 0 Å². The van der Waals surface area contributed by atoms with Crippen molar-refractivity contribution in [2.45, 2.75) is 33.1 Å². The average Bonchev–Trinajstić information content (AvgIpc) is 3.00. The Labute approximate surface area is 147 Å². The first-order valence-corrected chi connectivity index (χ1v) is 8.86. The van der Waals surface area contributed by atoms with E-state index in [-0.39, 0.29) is 5.91 Å². The lowest BCUT2D eigenvalue weighted by Gasteiger charge is -2.27. The van der Waals surface area contributed by atoms with Gasteiger partial charge in [-0.25, -0.2) is 9.50 Å². The first-order valence-electron chi connectivity index (χ1n) is 8.86. The minimum Gasteiger partial charge on any atom is -0.339 e. The second-order valence-corrected chi connectivity index (χ2v) is 6.67. The third kappa shape index (κ3) is 2.69. The van der Waals surface area contributed by atoms with Gasteiger partial charge in [-0.1, -0.05) is 30.3 Å². The van der Waals surface area contributed by atoms with Crippen LogP contribution in [0.1, 0.15) is 41.0 Å². The fourth-order valence-corrected chi connectivity index (χ4v) is 3.62. The summed E-state index contributed by atoms with van der Waals surface area (Å²) in [7, 11) is 0. The molecule has 25 heavy (non-hydrogen) atoms. The molecule has 4 rings (SSSR count). The van der Waals surface area contributed by atoms with Crippen LogP contribution in [-0.4, -0.2) is 38.5 Å². The van der Waals surface area contributed by atoms with Gasteiger partial charge in [-0.2, -0.15) is 5.10 Å². The molecule has 1 fully saturated rings. The molecule has 0 saturated carbocycles. The van der Waals surface area contributed by atoms with Gasteiger partial charge in [-0.15, -0.1) is 0 Å². The SMILES string of the molecule is Cc1nn2c(C)c(C(=O)N3CCCCC3)cnc2c1-c1ccccc1. The molecule has 0 radical (unpaired) electrons. The average molecular weight is 334 g/mol. The number of benzene rings is 1. The molecule has 0 bridgehead atoms. The molecular formula is C20H22N4O. The summed E-state index contributed by atoms with van der Waals surface area (Å²) in [6.07, 6.45) is 5.09. The summed E-state index contributed by atoms with van der Waals surface area (Å²) in [6, 6.07) is 10.2. The van der Waals surface area contributed by atoms with Crippen molar-refractivity contribution in [2.75, 3.05) is 13.1 Å². The predicted octanol–water partition coefficient (Wildman–Crippen LogP) is 3.64. The lowest BCUT2D eigenvalue weighted by Crippen LogP contribution is -2.36. The molecule has 0 unspecified atom stereocenters. The Morgan fingerprint density at radius 2 is 1.76 bits per heavy atom. The molecule has 3 aromatic rings.